The van der Waals surface area contributed by atoms with Gasteiger partial charge in [0, 0.05) is 21.7 Å². The van der Waals surface area contributed by atoms with E-state index in [0.717, 1.165) is 45.7 Å². The Morgan fingerprint density at radius 1 is 1.12 bits per heavy atom. The second-order valence-electron chi connectivity index (χ2n) is 5.82. The van der Waals surface area contributed by atoms with E-state index in [1.807, 2.05) is 24.3 Å². The van der Waals surface area contributed by atoms with Gasteiger partial charge in [-0.15, -0.1) is 10.7 Å². The first kappa shape index (κ1) is 15.1. The highest BCUT2D eigenvalue weighted by atomic mass is 32.2. The summed E-state index contributed by atoms with van der Waals surface area (Å²) in [5.74, 6) is 0.690. The number of fused-ring (bicyclic) bond motifs is 1. The molecule has 0 spiro atoms. The van der Waals surface area contributed by atoms with Crippen LogP contribution in [0.4, 0.5) is 4.39 Å². The van der Waals surface area contributed by atoms with Crippen molar-refractivity contribution < 1.29 is 4.39 Å². The van der Waals surface area contributed by atoms with Gasteiger partial charge in [0.15, 0.2) is 0 Å². The summed E-state index contributed by atoms with van der Waals surface area (Å²) in [4.78, 5) is 1.15. The molecule has 5 heteroatoms. The van der Waals surface area contributed by atoms with Crippen LogP contribution in [-0.4, -0.2) is 15.2 Å². The molecule has 2 aromatic carbocycles. The number of nitrogens with zero attached hydrogens (tertiary/aromatic N) is 2. The van der Waals surface area contributed by atoms with Crippen molar-refractivity contribution in [1.29, 1.82) is 5.26 Å². The first-order valence-corrected chi connectivity index (χ1v) is 9.27. The van der Waals surface area contributed by atoms with E-state index < -0.39 is 0 Å². The number of aromatic nitrogens is 1. The van der Waals surface area contributed by atoms with Gasteiger partial charge >= 0.3 is 0 Å². The molecule has 0 aliphatic carbocycles. The zero-order valence-corrected chi connectivity index (χ0v) is 13.8. The summed E-state index contributed by atoms with van der Waals surface area (Å²) in [5, 5.41) is 17.0. The van der Waals surface area contributed by atoms with E-state index in [1.165, 1.54) is 12.1 Å². The number of benzene rings is 2. The van der Waals surface area contributed by atoms with Gasteiger partial charge in [-0.3, -0.25) is 5.14 Å². The monoisotopic (exact) mass is 337 g/mol. The van der Waals surface area contributed by atoms with Gasteiger partial charge in [0.2, 0.25) is 0 Å². The molecule has 0 bridgehead atoms. The number of nitrogens with two attached hydrogens (primary N) is 1. The predicted octanol–water partition coefficient (Wildman–Crippen LogP) is 4.10. The Morgan fingerprint density at radius 2 is 1.88 bits per heavy atom. The van der Waals surface area contributed by atoms with E-state index in [-0.39, 0.29) is 16.5 Å². The highest BCUT2D eigenvalue weighted by Crippen LogP contribution is 2.34. The fourth-order valence-corrected chi connectivity index (χ4v) is 4.91. The summed E-state index contributed by atoms with van der Waals surface area (Å²) < 4.78 is 15.4. The summed E-state index contributed by atoms with van der Waals surface area (Å²) >= 11 is 0. The minimum atomic E-state index is -0.318. The second kappa shape index (κ2) is 5.90. The number of nitriles is 1. The Morgan fingerprint density at radius 3 is 2.54 bits per heavy atom. The highest BCUT2D eigenvalue weighted by molar-refractivity contribution is 8.14. The number of halogens is 1. The smallest absolute Gasteiger partial charge is 0.123 e. The number of para-hydroxylation sites is 1. The van der Waals surface area contributed by atoms with Crippen molar-refractivity contribution in [2.45, 2.75) is 12.8 Å². The Labute approximate surface area is 142 Å². The van der Waals surface area contributed by atoms with Crippen LogP contribution < -0.4 is 5.14 Å². The lowest BCUT2D eigenvalue weighted by Gasteiger charge is -2.13. The highest BCUT2D eigenvalue weighted by Gasteiger charge is 2.24. The molecule has 3 nitrogen and oxygen atoms in total. The van der Waals surface area contributed by atoms with Crippen LogP contribution in [-0.2, 0) is 0 Å². The van der Waals surface area contributed by atoms with Crippen molar-refractivity contribution in [3.8, 4) is 11.8 Å². The fraction of sp³-hybridized carbons (Fsp3) is 0.158. The maximum absolute atomic E-state index is 13.4. The third kappa shape index (κ3) is 2.27. The van der Waals surface area contributed by atoms with E-state index in [0.29, 0.717) is 5.56 Å². The van der Waals surface area contributed by atoms with Crippen LogP contribution in [0.15, 0.2) is 48.5 Å². The van der Waals surface area contributed by atoms with Crippen LogP contribution in [0.2, 0.25) is 0 Å². The minimum Gasteiger partial charge on any atom is -0.308 e. The van der Waals surface area contributed by atoms with E-state index in [1.54, 1.807) is 12.1 Å². The van der Waals surface area contributed by atoms with Crippen molar-refractivity contribution in [2.24, 2.45) is 5.14 Å². The van der Waals surface area contributed by atoms with Crippen LogP contribution in [0.25, 0.3) is 16.6 Å². The van der Waals surface area contributed by atoms with Gasteiger partial charge < -0.3 is 4.57 Å². The molecule has 1 aromatic heterocycles. The molecule has 24 heavy (non-hydrogen) atoms. The van der Waals surface area contributed by atoms with Gasteiger partial charge in [-0.2, -0.15) is 5.26 Å². The molecule has 2 N–H and O–H groups in total. The predicted molar refractivity (Wildman–Crippen MR) is 97.9 cm³/mol. The summed E-state index contributed by atoms with van der Waals surface area (Å²) in [7, 11) is -0.318. The Bertz CT molecular complexity index is 1010. The molecule has 0 amide bonds. The van der Waals surface area contributed by atoms with Crippen LogP contribution in [0.5, 0.6) is 0 Å². The molecule has 0 radical (unpaired) electrons. The summed E-state index contributed by atoms with van der Waals surface area (Å²) in [6.45, 7) is 0. The van der Waals surface area contributed by atoms with Crippen molar-refractivity contribution in [3.63, 3.8) is 0 Å². The maximum Gasteiger partial charge on any atom is 0.123 e. The van der Waals surface area contributed by atoms with Gasteiger partial charge in [-0.25, -0.2) is 4.39 Å². The zero-order chi connectivity index (χ0) is 16.7. The summed E-state index contributed by atoms with van der Waals surface area (Å²) in [6.07, 6.45) is 1.95. The van der Waals surface area contributed by atoms with E-state index in [4.69, 9.17) is 5.14 Å². The van der Waals surface area contributed by atoms with E-state index in [9.17, 15) is 9.65 Å². The molecule has 2 heterocycles. The van der Waals surface area contributed by atoms with Crippen molar-refractivity contribution in [1.82, 2.24) is 4.57 Å². The first-order valence-electron chi connectivity index (χ1n) is 7.81. The molecular formula is C19H16FN3S. The Hall–Kier alpha value is -2.42. The Kier molecular flexibility index (Phi) is 3.72. The molecule has 1 unspecified atom stereocenters. The van der Waals surface area contributed by atoms with Crippen molar-refractivity contribution >= 4 is 26.4 Å². The molecule has 0 fully saturated rings. The lowest BCUT2D eigenvalue weighted by Crippen LogP contribution is -2.10. The van der Waals surface area contributed by atoms with Gasteiger partial charge in [0.05, 0.1) is 16.8 Å². The van der Waals surface area contributed by atoms with Gasteiger partial charge in [-0.05, 0) is 43.2 Å². The Balaban J connectivity index is 2.13. The van der Waals surface area contributed by atoms with Crippen LogP contribution >= 0.6 is 10.7 Å². The summed E-state index contributed by atoms with van der Waals surface area (Å²) in [6, 6.07) is 16.6. The van der Waals surface area contributed by atoms with E-state index >= 15 is 0 Å². The number of rotatable bonds is 2. The largest absolute Gasteiger partial charge is 0.308 e. The number of hydrogen-bond donors (Lipinski definition) is 1. The zero-order valence-electron chi connectivity index (χ0n) is 13.0. The van der Waals surface area contributed by atoms with Gasteiger partial charge in [-0.1, -0.05) is 18.2 Å². The molecule has 120 valence electrons. The maximum atomic E-state index is 13.4. The van der Waals surface area contributed by atoms with Crippen LogP contribution in [0.3, 0.4) is 0 Å². The lowest BCUT2D eigenvalue weighted by molar-refractivity contribution is 0.627. The molecule has 0 saturated carbocycles. The van der Waals surface area contributed by atoms with Gasteiger partial charge in [0.1, 0.15) is 11.9 Å². The standard InChI is InChI=1S/C19H16FN3S/c20-13-7-9-14(10-8-13)23-17-5-2-1-4-15(17)16(12-21)19(23)18-6-3-11-24(18)22/h1-2,4-5,7-10H,3,6,11,22H2. The summed E-state index contributed by atoms with van der Waals surface area (Å²) in [5.41, 5.74) is 3.36. The molecule has 1 atom stereocenters. The topological polar surface area (TPSA) is 54.7 Å². The molecule has 0 saturated heterocycles. The third-order valence-electron chi connectivity index (χ3n) is 4.42. The van der Waals surface area contributed by atoms with Crippen molar-refractivity contribution in [3.05, 3.63) is 65.6 Å². The first-order chi connectivity index (χ1) is 11.7. The lowest BCUT2D eigenvalue weighted by atomic mass is 10.1. The average Bonchev–Trinajstić information content (AvgIpc) is 3.16. The average molecular weight is 337 g/mol. The normalized spacial score (nSPS) is 17.4. The third-order valence-corrected chi connectivity index (χ3v) is 6.18. The molecule has 4 rings (SSSR count). The SMILES string of the molecule is N#Cc1c(C2=S(N)CCC2)n(-c2ccc(F)cc2)c2ccccc12. The van der Waals surface area contributed by atoms with Gasteiger partial charge in [0.25, 0.3) is 0 Å². The molecule has 1 aliphatic rings. The van der Waals surface area contributed by atoms with Crippen LogP contribution in [0, 0.1) is 17.1 Å². The number of hydrogen-bond acceptors (Lipinski definition) is 2. The van der Waals surface area contributed by atoms with Crippen molar-refractivity contribution in [2.75, 3.05) is 5.75 Å². The second-order valence-corrected chi connectivity index (χ2v) is 7.58. The fourth-order valence-electron chi connectivity index (χ4n) is 3.36. The minimum absolute atomic E-state index is 0.274. The molecular weight excluding hydrogens is 321 g/mol. The molecule has 1 aliphatic heterocycles. The quantitative estimate of drug-likeness (QED) is 0.716. The van der Waals surface area contributed by atoms with E-state index in [2.05, 4.69) is 10.6 Å². The molecule has 3 aromatic rings. The van der Waals surface area contributed by atoms with Crippen LogP contribution in [0.1, 0.15) is 24.1 Å².